The van der Waals surface area contributed by atoms with E-state index in [4.69, 9.17) is 0 Å². The van der Waals surface area contributed by atoms with Crippen LogP contribution in [0.15, 0.2) is 42.6 Å². The molecule has 1 aromatic heterocycles. The second kappa shape index (κ2) is 3.05. The highest BCUT2D eigenvalue weighted by molar-refractivity contribution is 5.30. The van der Waals surface area contributed by atoms with Crippen LogP contribution in [-0.4, -0.2) is 4.68 Å². The maximum Gasteiger partial charge on any atom is 0.196 e. The summed E-state index contributed by atoms with van der Waals surface area (Å²) in [6.45, 7) is 2.10. The first-order valence-corrected chi connectivity index (χ1v) is 4.39. The lowest BCUT2D eigenvalue weighted by molar-refractivity contribution is -0.744. The molecule has 0 aliphatic rings. The van der Waals surface area contributed by atoms with Crippen molar-refractivity contribution in [3.05, 3.63) is 48.3 Å². The van der Waals surface area contributed by atoms with Crippen molar-refractivity contribution in [2.75, 3.05) is 0 Å². The fourth-order valence-electron chi connectivity index (χ4n) is 1.56. The van der Waals surface area contributed by atoms with Gasteiger partial charge in [0.25, 0.3) is 0 Å². The fourth-order valence-corrected chi connectivity index (χ4v) is 1.56. The molecule has 0 N–H and O–H groups in total. The number of para-hydroxylation sites is 1. The molecule has 1 heterocycles. The van der Waals surface area contributed by atoms with Gasteiger partial charge in [0.1, 0.15) is 5.69 Å². The summed E-state index contributed by atoms with van der Waals surface area (Å²) in [4.78, 5) is 0. The summed E-state index contributed by atoms with van der Waals surface area (Å²) in [7, 11) is 2.04. The number of aromatic nitrogens is 2. The molecule has 1 aromatic carbocycles. The number of rotatable bonds is 1. The van der Waals surface area contributed by atoms with Gasteiger partial charge in [-0.25, -0.2) is 0 Å². The molecule has 2 heteroatoms. The first-order valence-electron chi connectivity index (χ1n) is 4.39. The third-order valence-corrected chi connectivity index (χ3v) is 2.18. The third kappa shape index (κ3) is 1.35. The summed E-state index contributed by atoms with van der Waals surface area (Å²) in [6, 6.07) is 12.4. The number of hydrogen-bond acceptors (Lipinski definition) is 0. The molecule has 2 rings (SSSR count). The van der Waals surface area contributed by atoms with Gasteiger partial charge in [0, 0.05) is 6.07 Å². The average Bonchev–Trinajstić information content (AvgIpc) is 2.48. The molecule has 0 saturated heterocycles. The number of benzene rings is 1. The van der Waals surface area contributed by atoms with Crippen molar-refractivity contribution in [1.29, 1.82) is 0 Å². The molecule has 66 valence electrons. The Labute approximate surface area is 78.0 Å². The number of nitrogens with zero attached hydrogens (tertiary/aromatic N) is 2. The maximum atomic E-state index is 2.17. The van der Waals surface area contributed by atoms with Crippen LogP contribution in [0.25, 0.3) is 5.69 Å². The second-order valence-electron chi connectivity index (χ2n) is 3.18. The molecule has 0 aliphatic carbocycles. The van der Waals surface area contributed by atoms with Crippen molar-refractivity contribution in [3.8, 4) is 5.69 Å². The van der Waals surface area contributed by atoms with Crippen LogP contribution >= 0.6 is 0 Å². The largest absolute Gasteiger partial charge is 0.196 e. The molecule has 0 bridgehead atoms. The normalized spacial score (nSPS) is 10.3. The molecular weight excluding hydrogens is 160 g/mol. The first-order chi connectivity index (χ1) is 6.29. The SMILES string of the molecule is Cc1cc[n+](C)n1-c1ccccc1. The van der Waals surface area contributed by atoms with E-state index in [1.165, 1.54) is 11.4 Å². The van der Waals surface area contributed by atoms with E-state index in [1.54, 1.807) is 0 Å². The molecule has 13 heavy (non-hydrogen) atoms. The first kappa shape index (κ1) is 8.05. The van der Waals surface area contributed by atoms with E-state index >= 15 is 0 Å². The number of hydrogen-bond donors (Lipinski definition) is 0. The smallest absolute Gasteiger partial charge is 0.126 e. The van der Waals surface area contributed by atoms with E-state index in [-0.39, 0.29) is 0 Å². The van der Waals surface area contributed by atoms with Crippen molar-refractivity contribution in [3.63, 3.8) is 0 Å². The minimum atomic E-state index is 1.20. The Morgan fingerprint density at radius 1 is 1.08 bits per heavy atom. The lowest BCUT2D eigenvalue weighted by Gasteiger charge is -2.01. The highest BCUT2D eigenvalue weighted by Crippen LogP contribution is 2.06. The predicted molar refractivity (Wildman–Crippen MR) is 51.7 cm³/mol. The Bertz CT molecular complexity index is 382. The van der Waals surface area contributed by atoms with Crippen LogP contribution in [0.1, 0.15) is 5.69 Å². The molecule has 0 spiro atoms. The molecule has 0 radical (unpaired) electrons. The van der Waals surface area contributed by atoms with E-state index in [9.17, 15) is 0 Å². The summed E-state index contributed by atoms with van der Waals surface area (Å²) in [6.07, 6.45) is 2.06. The van der Waals surface area contributed by atoms with Gasteiger partial charge in [-0.05, 0) is 19.1 Å². The Morgan fingerprint density at radius 2 is 1.77 bits per heavy atom. The minimum absolute atomic E-state index is 1.20. The van der Waals surface area contributed by atoms with Crippen LogP contribution in [0.5, 0.6) is 0 Å². The van der Waals surface area contributed by atoms with Gasteiger partial charge >= 0.3 is 0 Å². The Morgan fingerprint density at radius 3 is 2.31 bits per heavy atom. The van der Waals surface area contributed by atoms with E-state index < -0.39 is 0 Å². The Hall–Kier alpha value is -1.57. The van der Waals surface area contributed by atoms with Gasteiger partial charge in [0.15, 0.2) is 13.2 Å². The summed E-state index contributed by atoms with van der Waals surface area (Å²) in [5.74, 6) is 0. The summed E-state index contributed by atoms with van der Waals surface area (Å²) in [5, 5.41) is 0. The molecule has 0 fully saturated rings. The van der Waals surface area contributed by atoms with Gasteiger partial charge in [-0.1, -0.05) is 18.2 Å². The molecule has 2 nitrogen and oxygen atoms in total. The van der Waals surface area contributed by atoms with E-state index in [2.05, 4.69) is 52.8 Å². The van der Waals surface area contributed by atoms with Crippen molar-refractivity contribution in [2.45, 2.75) is 6.92 Å². The molecule has 0 amide bonds. The van der Waals surface area contributed by atoms with Gasteiger partial charge in [0.05, 0.1) is 5.69 Å². The lowest BCUT2D eigenvalue weighted by Crippen LogP contribution is -2.37. The summed E-state index contributed by atoms with van der Waals surface area (Å²) in [5.41, 5.74) is 2.45. The predicted octanol–water partition coefficient (Wildman–Crippen LogP) is 1.61. The highest BCUT2D eigenvalue weighted by Gasteiger charge is 2.08. The van der Waals surface area contributed by atoms with Crippen molar-refractivity contribution < 1.29 is 4.68 Å². The Balaban J connectivity index is 2.59. The monoisotopic (exact) mass is 173 g/mol. The van der Waals surface area contributed by atoms with E-state index in [1.807, 2.05) is 13.1 Å². The van der Waals surface area contributed by atoms with Crippen LogP contribution in [-0.2, 0) is 7.05 Å². The van der Waals surface area contributed by atoms with E-state index in [0.717, 1.165) is 0 Å². The van der Waals surface area contributed by atoms with Crippen LogP contribution in [0.3, 0.4) is 0 Å². The van der Waals surface area contributed by atoms with Crippen LogP contribution in [0.4, 0.5) is 0 Å². The highest BCUT2D eigenvalue weighted by atomic mass is 15.4. The van der Waals surface area contributed by atoms with Crippen molar-refractivity contribution in [1.82, 2.24) is 4.68 Å². The fraction of sp³-hybridized carbons (Fsp3) is 0.182. The Kier molecular flexibility index (Phi) is 1.89. The zero-order chi connectivity index (χ0) is 9.26. The van der Waals surface area contributed by atoms with Crippen LogP contribution in [0.2, 0.25) is 0 Å². The third-order valence-electron chi connectivity index (χ3n) is 2.18. The van der Waals surface area contributed by atoms with Crippen molar-refractivity contribution in [2.24, 2.45) is 7.05 Å². The average molecular weight is 173 g/mol. The minimum Gasteiger partial charge on any atom is -0.126 e. The van der Waals surface area contributed by atoms with Crippen LogP contribution in [0, 0.1) is 6.92 Å². The quantitative estimate of drug-likeness (QED) is 0.579. The van der Waals surface area contributed by atoms with E-state index in [0.29, 0.717) is 0 Å². The lowest BCUT2D eigenvalue weighted by atomic mass is 10.3. The topological polar surface area (TPSA) is 8.81 Å². The molecular formula is C11H13N2+. The maximum absolute atomic E-state index is 2.17. The van der Waals surface area contributed by atoms with Gasteiger partial charge in [-0.3, -0.25) is 0 Å². The summed E-state index contributed by atoms with van der Waals surface area (Å²) >= 11 is 0. The van der Waals surface area contributed by atoms with Crippen molar-refractivity contribution >= 4 is 0 Å². The molecule has 0 aliphatic heterocycles. The van der Waals surface area contributed by atoms with Gasteiger partial charge in [0.2, 0.25) is 0 Å². The summed E-state index contributed by atoms with van der Waals surface area (Å²) < 4.78 is 4.24. The van der Waals surface area contributed by atoms with Crippen LogP contribution < -0.4 is 4.68 Å². The van der Waals surface area contributed by atoms with Gasteiger partial charge < -0.3 is 0 Å². The molecule has 0 atom stereocenters. The molecule has 2 aromatic rings. The standard InChI is InChI=1S/C11H13N2/c1-10-8-9-12(2)13(10)11-6-4-3-5-7-11/h3-9H,1-2H3/q+1. The van der Waals surface area contributed by atoms with Gasteiger partial charge in [-0.2, -0.15) is 0 Å². The molecule has 0 saturated carbocycles. The zero-order valence-corrected chi connectivity index (χ0v) is 7.94. The molecule has 0 unspecified atom stereocenters. The van der Waals surface area contributed by atoms with Gasteiger partial charge in [-0.15, -0.1) is 9.36 Å². The number of aryl methyl sites for hydroxylation is 2. The zero-order valence-electron chi connectivity index (χ0n) is 7.94. The second-order valence-corrected chi connectivity index (χ2v) is 3.18.